The van der Waals surface area contributed by atoms with E-state index in [1.165, 1.54) is 0 Å². The molecule has 6 heteroatoms. The van der Waals surface area contributed by atoms with E-state index < -0.39 is 0 Å². The van der Waals surface area contributed by atoms with E-state index in [0.29, 0.717) is 13.1 Å². The average Bonchev–Trinajstić information content (AvgIpc) is 2.38. The molecule has 0 atom stereocenters. The molecule has 0 bridgehead atoms. The Bertz CT molecular complexity index is 452. The maximum absolute atomic E-state index is 12.6. The normalized spacial score (nSPS) is 10.6. The number of nitrogens with zero attached hydrogens (tertiary/aromatic N) is 1. The summed E-state index contributed by atoms with van der Waals surface area (Å²) in [5.74, 6) is 0.0170. The predicted molar refractivity (Wildman–Crippen MR) is 102 cm³/mol. The van der Waals surface area contributed by atoms with Crippen LogP contribution in [0.25, 0.3) is 0 Å². The number of hydrogen-bond acceptors (Lipinski definition) is 2. The summed E-state index contributed by atoms with van der Waals surface area (Å²) in [6.07, 6.45) is 2.00. The molecule has 0 radical (unpaired) electrons. The van der Waals surface area contributed by atoms with E-state index >= 15 is 0 Å². The number of carbonyl (C=O) groups excluding carboxylic acids is 1. The topological polar surface area (TPSA) is 40.5 Å². The number of carbonyl (C=O) groups is 1. The molecule has 1 aromatic rings. The minimum Gasteiger partial charge on any atom is -0.395 e. The van der Waals surface area contributed by atoms with Crippen molar-refractivity contribution in [2.45, 2.75) is 19.8 Å². The van der Waals surface area contributed by atoms with Gasteiger partial charge in [-0.15, -0.1) is 0 Å². The highest BCUT2D eigenvalue weighted by Crippen LogP contribution is 2.24. The van der Waals surface area contributed by atoms with Crippen molar-refractivity contribution in [3.8, 4) is 0 Å². The second-order valence-electron chi connectivity index (χ2n) is 4.12. The maximum atomic E-state index is 12.6. The molecule has 0 aliphatic rings. The lowest BCUT2D eigenvalue weighted by Gasteiger charge is -2.22. The number of aliphatic hydroxyl groups excluding tert-OH is 1. The van der Waals surface area contributed by atoms with Crippen LogP contribution in [-0.2, 0) is 0 Å². The van der Waals surface area contributed by atoms with Gasteiger partial charge in [0.2, 0.25) is 0 Å². The van der Waals surface area contributed by atoms with Crippen molar-refractivity contribution in [1.29, 1.82) is 0 Å². The molecular weight excluding hydrogens is 583 g/mol. The molecule has 106 valence electrons. The van der Waals surface area contributed by atoms with Crippen LogP contribution in [0.1, 0.15) is 30.1 Å². The minimum absolute atomic E-state index is 0.00700. The zero-order chi connectivity index (χ0) is 14.4. The predicted octanol–water partition coefficient (Wildman–Crippen LogP) is 3.74. The Kier molecular flexibility index (Phi) is 8.46. The molecule has 3 nitrogen and oxygen atoms in total. The Morgan fingerprint density at radius 1 is 1.26 bits per heavy atom. The van der Waals surface area contributed by atoms with Crippen molar-refractivity contribution in [2.24, 2.45) is 0 Å². The van der Waals surface area contributed by atoms with Gasteiger partial charge in [-0.25, -0.2) is 0 Å². The molecular formula is C13H16I3NO2. The summed E-state index contributed by atoms with van der Waals surface area (Å²) >= 11 is 6.69. The fourth-order valence-corrected chi connectivity index (χ4v) is 4.05. The molecule has 0 heterocycles. The monoisotopic (exact) mass is 599 g/mol. The number of aliphatic hydroxyl groups is 1. The van der Waals surface area contributed by atoms with Crippen molar-refractivity contribution in [1.82, 2.24) is 4.90 Å². The minimum atomic E-state index is 0.00700. The Balaban J connectivity index is 3.01. The third-order valence-corrected chi connectivity index (χ3v) is 6.33. The zero-order valence-electron chi connectivity index (χ0n) is 10.6. The summed E-state index contributed by atoms with van der Waals surface area (Å²) in [5, 5.41) is 9.11. The second-order valence-corrected chi connectivity index (χ2v) is 7.61. The number of benzene rings is 1. The van der Waals surface area contributed by atoms with Crippen LogP contribution in [0.5, 0.6) is 0 Å². The van der Waals surface area contributed by atoms with Gasteiger partial charge in [-0.2, -0.15) is 0 Å². The fourth-order valence-electron chi connectivity index (χ4n) is 1.67. The SMILES string of the molecule is CCCCN(CCO)C(=O)c1cc(I)cc(I)c1I. The lowest BCUT2D eigenvalue weighted by molar-refractivity contribution is 0.0718. The summed E-state index contributed by atoms with van der Waals surface area (Å²) in [4.78, 5) is 14.3. The van der Waals surface area contributed by atoms with Gasteiger partial charge in [-0.05, 0) is 86.3 Å². The number of amides is 1. The first kappa shape index (κ1) is 17.9. The molecule has 1 rings (SSSR count). The first-order valence-corrected chi connectivity index (χ1v) is 9.29. The van der Waals surface area contributed by atoms with E-state index in [1.807, 2.05) is 6.07 Å². The van der Waals surface area contributed by atoms with Gasteiger partial charge in [0.1, 0.15) is 0 Å². The fraction of sp³-hybridized carbons (Fsp3) is 0.462. The number of unbranched alkanes of at least 4 members (excludes halogenated alkanes) is 1. The van der Waals surface area contributed by atoms with Gasteiger partial charge in [-0.3, -0.25) is 4.79 Å². The first-order valence-electron chi connectivity index (χ1n) is 6.06. The van der Waals surface area contributed by atoms with Crippen LogP contribution in [0.15, 0.2) is 12.1 Å². The van der Waals surface area contributed by atoms with E-state index in [4.69, 9.17) is 5.11 Å². The van der Waals surface area contributed by atoms with Crippen molar-refractivity contribution in [2.75, 3.05) is 19.7 Å². The quantitative estimate of drug-likeness (QED) is 0.401. The van der Waals surface area contributed by atoms with Gasteiger partial charge in [0.15, 0.2) is 0 Å². The summed E-state index contributed by atoms with van der Waals surface area (Å²) < 4.78 is 3.14. The lowest BCUT2D eigenvalue weighted by atomic mass is 10.2. The average molecular weight is 599 g/mol. The molecule has 0 saturated carbocycles. The summed E-state index contributed by atoms with van der Waals surface area (Å²) in [7, 11) is 0. The summed E-state index contributed by atoms with van der Waals surface area (Å²) in [5.41, 5.74) is 0.737. The van der Waals surface area contributed by atoms with E-state index in [2.05, 4.69) is 80.8 Å². The molecule has 0 aromatic heterocycles. The Morgan fingerprint density at radius 3 is 2.53 bits per heavy atom. The Hall–Kier alpha value is 0.840. The Morgan fingerprint density at radius 2 is 1.95 bits per heavy atom. The van der Waals surface area contributed by atoms with E-state index in [1.54, 1.807) is 4.90 Å². The van der Waals surface area contributed by atoms with Gasteiger partial charge < -0.3 is 10.0 Å². The molecule has 1 amide bonds. The third-order valence-electron chi connectivity index (χ3n) is 2.66. The molecule has 0 aliphatic carbocycles. The van der Waals surface area contributed by atoms with Gasteiger partial charge in [0.25, 0.3) is 5.91 Å². The smallest absolute Gasteiger partial charge is 0.255 e. The van der Waals surface area contributed by atoms with E-state index in [9.17, 15) is 4.79 Å². The summed E-state index contributed by atoms with van der Waals surface area (Å²) in [6.45, 7) is 3.21. The van der Waals surface area contributed by atoms with Gasteiger partial charge >= 0.3 is 0 Å². The van der Waals surface area contributed by atoms with E-state index in [0.717, 1.165) is 29.1 Å². The molecule has 0 fully saturated rings. The van der Waals surface area contributed by atoms with Gasteiger partial charge in [0.05, 0.1) is 12.2 Å². The largest absolute Gasteiger partial charge is 0.395 e. The van der Waals surface area contributed by atoms with Crippen molar-refractivity contribution < 1.29 is 9.90 Å². The number of hydrogen-bond donors (Lipinski definition) is 1. The van der Waals surface area contributed by atoms with Crippen LogP contribution in [0, 0.1) is 10.7 Å². The van der Waals surface area contributed by atoms with Crippen LogP contribution in [0.4, 0.5) is 0 Å². The summed E-state index contributed by atoms with van der Waals surface area (Å²) in [6, 6.07) is 3.98. The molecule has 1 aromatic carbocycles. The van der Waals surface area contributed by atoms with Crippen LogP contribution < -0.4 is 0 Å². The molecule has 1 N–H and O–H groups in total. The molecule has 0 aliphatic heterocycles. The first-order chi connectivity index (χ1) is 9.01. The standard InChI is InChI=1S/C13H16I3NO2/c1-2-3-4-17(5-6-18)13(19)10-7-9(14)8-11(15)12(10)16/h7-8,18H,2-6H2,1H3. The molecule has 0 unspecified atom stereocenters. The lowest BCUT2D eigenvalue weighted by Crippen LogP contribution is -2.35. The Labute approximate surface area is 154 Å². The maximum Gasteiger partial charge on any atom is 0.255 e. The molecule has 19 heavy (non-hydrogen) atoms. The van der Waals surface area contributed by atoms with Crippen molar-refractivity contribution >= 4 is 73.7 Å². The van der Waals surface area contributed by atoms with E-state index in [-0.39, 0.29) is 12.5 Å². The van der Waals surface area contributed by atoms with Crippen molar-refractivity contribution in [3.63, 3.8) is 0 Å². The molecule has 0 saturated heterocycles. The molecule has 0 spiro atoms. The van der Waals surface area contributed by atoms with Crippen LogP contribution in [0.2, 0.25) is 0 Å². The van der Waals surface area contributed by atoms with Crippen LogP contribution >= 0.6 is 67.8 Å². The number of rotatable bonds is 6. The van der Waals surface area contributed by atoms with Crippen LogP contribution in [-0.4, -0.2) is 35.6 Å². The van der Waals surface area contributed by atoms with Crippen LogP contribution in [0.3, 0.4) is 0 Å². The second kappa shape index (κ2) is 8.98. The van der Waals surface area contributed by atoms with Gasteiger partial charge in [0, 0.05) is 23.8 Å². The highest BCUT2D eigenvalue weighted by molar-refractivity contribution is 14.1. The third kappa shape index (κ3) is 5.27. The highest BCUT2D eigenvalue weighted by Gasteiger charge is 2.19. The zero-order valence-corrected chi connectivity index (χ0v) is 17.1. The van der Waals surface area contributed by atoms with Gasteiger partial charge in [-0.1, -0.05) is 13.3 Å². The van der Waals surface area contributed by atoms with Crippen molar-refractivity contribution in [3.05, 3.63) is 28.4 Å². The number of halogens is 3. The highest BCUT2D eigenvalue weighted by atomic mass is 127.